The first-order valence-electron chi connectivity index (χ1n) is 10.4. The molecule has 0 saturated carbocycles. The summed E-state index contributed by atoms with van der Waals surface area (Å²) in [4.78, 5) is 27.6. The van der Waals surface area contributed by atoms with Crippen molar-refractivity contribution in [2.24, 2.45) is 0 Å². The Hall–Kier alpha value is -3.26. The minimum absolute atomic E-state index is 0.0280. The van der Waals surface area contributed by atoms with E-state index in [1.165, 1.54) is 0 Å². The Morgan fingerprint density at radius 2 is 1.84 bits per heavy atom. The number of carbonyl (C=O) groups excluding carboxylic acids is 2. The fourth-order valence-corrected chi connectivity index (χ4v) is 3.39. The second-order valence-electron chi connectivity index (χ2n) is 7.52. The number of rotatable bonds is 9. The largest absolute Gasteiger partial charge is 0.497 e. The number of nitrogens with zero attached hydrogens (tertiary/aromatic N) is 1. The summed E-state index contributed by atoms with van der Waals surface area (Å²) in [6.07, 6.45) is -0.225. The first kappa shape index (κ1) is 22.4. The molecule has 2 N–H and O–H groups in total. The van der Waals surface area contributed by atoms with Crippen molar-refractivity contribution < 1.29 is 28.7 Å². The van der Waals surface area contributed by atoms with Crippen molar-refractivity contribution in [2.45, 2.75) is 13.0 Å². The van der Waals surface area contributed by atoms with E-state index in [9.17, 15) is 9.59 Å². The molecule has 2 aromatic carbocycles. The highest BCUT2D eigenvalue weighted by atomic mass is 16.6. The standard InChI is InChI=1S/C23H29N3O5/c1-4-26(13-19-16-30-20-7-5-6-8-21(20)31-19)23(28)15-25(2)14-22(27)24-17-9-11-18(29-3)12-10-17/h5-12,19H,4,13-16H2,1-3H3,(H,24,27)/p+1/t19-/m0/s1. The van der Waals surface area contributed by atoms with Crippen LogP contribution in [-0.4, -0.2) is 69.8 Å². The Bertz CT molecular complexity index is 887. The van der Waals surface area contributed by atoms with Crippen molar-refractivity contribution in [1.29, 1.82) is 0 Å². The third-order valence-corrected chi connectivity index (χ3v) is 5.02. The molecule has 3 rings (SSSR count). The third-order valence-electron chi connectivity index (χ3n) is 5.02. The predicted molar refractivity (Wildman–Crippen MR) is 117 cm³/mol. The summed E-state index contributed by atoms with van der Waals surface area (Å²) in [6.45, 7) is 3.73. The molecule has 0 aromatic heterocycles. The molecule has 0 radical (unpaired) electrons. The van der Waals surface area contributed by atoms with E-state index in [1.54, 1.807) is 36.3 Å². The molecule has 166 valence electrons. The number of amides is 2. The predicted octanol–water partition coefficient (Wildman–Crippen LogP) is 0.837. The van der Waals surface area contributed by atoms with Crippen molar-refractivity contribution in [2.75, 3.05) is 52.3 Å². The second kappa shape index (κ2) is 10.7. The summed E-state index contributed by atoms with van der Waals surface area (Å²) in [5, 5.41) is 2.84. The van der Waals surface area contributed by atoms with Gasteiger partial charge in [0.25, 0.3) is 11.8 Å². The van der Waals surface area contributed by atoms with E-state index >= 15 is 0 Å². The zero-order valence-electron chi connectivity index (χ0n) is 18.2. The van der Waals surface area contributed by atoms with Crippen LogP contribution < -0.4 is 24.4 Å². The minimum atomic E-state index is -0.225. The first-order valence-corrected chi connectivity index (χ1v) is 10.4. The number of carbonyl (C=O) groups is 2. The van der Waals surface area contributed by atoms with Crippen LogP contribution in [0.4, 0.5) is 5.69 Å². The average molecular weight is 429 g/mol. The maximum absolute atomic E-state index is 12.8. The van der Waals surface area contributed by atoms with Crippen LogP contribution in [0.25, 0.3) is 0 Å². The molecule has 2 atom stereocenters. The van der Waals surface area contributed by atoms with Gasteiger partial charge in [0.2, 0.25) is 0 Å². The number of anilines is 1. The molecular formula is C23H30N3O5+. The summed E-state index contributed by atoms with van der Waals surface area (Å²) in [7, 11) is 3.42. The molecule has 2 aromatic rings. The Kier molecular flexibility index (Phi) is 7.72. The summed E-state index contributed by atoms with van der Waals surface area (Å²) in [5.74, 6) is 1.96. The van der Waals surface area contributed by atoms with Gasteiger partial charge >= 0.3 is 0 Å². The van der Waals surface area contributed by atoms with Crippen molar-refractivity contribution >= 4 is 17.5 Å². The normalized spacial score (nSPS) is 15.6. The van der Waals surface area contributed by atoms with Crippen LogP contribution >= 0.6 is 0 Å². The lowest BCUT2D eigenvalue weighted by atomic mass is 10.2. The van der Waals surface area contributed by atoms with Crippen molar-refractivity contribution in [3.8, 4) is 17.2 Å². The van der Waals surface area contributed by atoms with Crippen molar-refractivity contribution in [3.05, 3.63) is 48.5 Å². The fraction of sp³-hybridized carbons (Fsp3) is 0.391. The number of likely N-dealkylation sites (N-methyl/N-ethyl adjacent to an activating group) is 2. The quantitative estimate of drug-likeness (QED) is 0.619. The monoisotopic (exact) mass is 428 g/mol. The van der Waals surface area contributed by atoms with Gasteiger partial charge in [0.15, 0.2) is 30.7 Å². The van der Waals surface area contributed by atoms with Crippen LogP contribution in [0.1, 0.15) is 6.92 Å². The highest BCUT2D eigenvalue weighted by Crippen LogP contribution is 2.31. The molecule has 0 bridgehead atoms. The molecule has 1 heterocycles. The number of benzene rings is 2. The molecule has 0 aliphatic carbocycles. The van der Waals surface area contributed by atoms with Crippen LogP contribution in [0.2, 0.25) is 0 Å². The molecule has 2 amide bonds. The zero-order chi connectivity index (χ0) is 22.2. The Labute approximate surface area is 182 Å². The summed E-state index contributed by atoms with van der Waals surface area (Å²) in [6, 6.07) is 14.6. The lowest BCUT2D eigenvalue weighted by molar-refractivity contribution is -0.862. The number of quaternary nitrogens is 1. The Balaban J connectivity index is 1.46. The van der Waals surface area contributed by atoms with Gasteiger partial charge in [-0.05, 0) is 43.3 Å². The number of hydrogen-bond acceptors (Lipinski definition) is 5. The molecule has 1 aliphatic heterocycles. The minimum Gasteiger partial charge on any atom is -0.497 e. The van der Waals surface area contributed by atoms with E-state index in [1.807, 2.05) is 38.2 Å². The number of ether oxygens (including phenoxy) is 3. The van der Waals surface area contributed by atoms with Gasteiger partial charge in [-0.3, -0.25) is 9.59 Å². The molecule has 8 heteroatoms. The number of methoxy groups -OCH3 is 1. The topological polar surface area (TPSA) is 81.5 Å². The average Bonchev–Trinajstić information content (AvgIpc) is 2.77. The molecule has 31 heavy (non-hydrogen) atoms. The van der Waals surface area contributed by atoms with E-state index in [0.717, 1.165) is 16.4 Å². The van der Waals surface area contributed by atoms with Gasteiger partial charge in [-0.25, -0.2) is 0 Å². The second-order valence-corrected chi connectivity index (χ2v) is 7.52. The number of hydrogen-bond donors (Lipinski definition) is 2. The summed E-state index contributed by atoms with van der Waals surface area (Å²) < 4.78 is 16.8. The maximum atomic E-state index is 12.8. The lowest BCUT2D eigenvalue weighted by Crippen LogP contribution is -3.11. The molecule has 0 spiro atoms. The molecule has 8 nitrogen and oxygen atoms in total. The Morgan fingerprint density at radius 3 is 2.52 bits per heavy atom. The van der Waals surface area contributed by atoms with Crippen LogP contribution in [0.5, 0.6) is 17.2 Å². The SMILES string of the molecule is CCN(C[C@H]1COc2ccccc2O1)C(=O)C[NH+](C)CC(=O)Nc1ccc(OC)cc1. The summed E-state index contributed by atoms with van der Waals surface area (Å²) in [5.41, 5.74) is 0.690. The molecule has 0 saturated heterocycles. The smallest absolute Gasteiger partial charge is 0.279 e. The van der Waals surface area contributed by atoms with Crippen LogP contribution in [0.15, 0.2) is 48.5 Å². The van der Waals surface area contributed by atoms with Crippen molar-refractivity contribution in [3.63, 3.8) is 0 Å². The van der Waals surface area contributed by atoms with Crippen LogP contribution in [0.3, 0.4) is 0 Å². The zero-order valence-corrected chi connectivity index (χ0v) is 18.2. The van der Waals surface area contributed by atoms with Crippen LogP contribution in [-0.2, 0) is 9.59 Å². The molecule has 1 aliphatic rings. The van der Waals surface area contributed by atoms with E-state index in [4.69, 9.17) is 14.2 Å². The van der Waals surface area contributed by atoms with Gasteiger partial charge < -0.3 is 29.3 Å². The molecular weight excluding hydrogens is 398 g/mol. The van der Waals surface area contributed by atoms with Gasteiger partial charge in [0.1, 0.15) is 12.4 Å². The van der Waals surface area contributed by atoms with E-state index < -0.39 is 0 Å². The third kappa shape index (κ3) is 6.36. The highest BCUT2D eigenvalue weighted by molar-refractivity contribution is 5.91. The maximum Gasteiger partial charge on any atom is 0.279 e. The van der Waals surface area contributed by atoms with Gasteiger partial charge in [0, 0.05) is 12.2 Å². The van der Waals surface area contributed by atoms with E-state index in [2.05, 4.69) is 5.32 Å². The van der Waals surface area contributed by atoms with E-state index in [0.29, 0.717) is 31.1 Å². The molecule has 1 unspecified atom stereocenters. The number of nitrogens with one attached hydrogen (secondary N) is 2. The van der Waals surface area contributed by atoms with Crippen molar-refractivity contribution in [1.82, 2.24) is 4.90 Å². The van der Waals surface area contributed by atoms with E-state index in [-0.39, 0.29) is 31.0 Å². The van der Waals surface area contributed by atoms with Crippen LogP contribution in [0, 0.1) is 0 Å². The Morgan fingerprint density at radius 1 is 1.13 bits per heavy atom. The van der Waals surface area contributed by atoms with Gasteiger partial charge in [0.05, 0.1) is 20.7 Å². The number of fused-ring (bicyclic) bond motifs is 1. The van der Waals surface area contributed by atoms with Gasteiger partial charge in [-0.1, -0.05) is 12.1 Å². The molecule has 0 fully saturated rings. The summed E-state index contributed by atoms with van der Waals surface area (Å²) >= 11 is 0. The number of para-hydroxylation sites is 2. The highest BCUT2D eigenvalue weighted by Gasteiger charge is 2.26. The first-order chi connectivity index (χ1) is 15.0. The van der Waals surface area contributed by atoms with Gasteiger partial charge in [-0.2, -0.15) is 0 Å². The fourth-order valence-electron chi connectivity index (χ4n) is 3.39. The lowest BCUT2D eigenvalue weighted by Gasteiger charge is -2.31. The van der Waals surface area contributed by atoms with Gasteiger partial charge in [-0.15, -0.1) is 0 Å².